The Morgan fingerprint density at radius 3 is 2.43 bits per heavy atom. The highest BCUT2D eigenvalue weighted by atomic mass is 35.5. The van der Waals surface area contributed by atoms with Gasteiger partial charge in [0.25, 0.3) is 11.8 Å². The van der Waals surface area contributed by atoms with Crippen molar-refractivity contribution < 1.29 is 23.5 Å². The third kappa shape index (κ3) is 5.57. The predicted molar refractivity (Wildman–Crippen MR) is 111 cm³/mol. The zero-order chi connectivity index (χ0) is 21.7. The molecule has 0 atom stereocenters. The molecule has 1 heterocycles. The van der Waals surface area contributed by atoms with Gasteiger partial charge < -0.3 is 15.0 Å². The molecule has 2 amide bonds. The Kier molecular flexibility index (Phi) is 7.05. The van der Waals surface area contributed by atoms with Gasteiger partial charge in [0, 0.05) is 29.4 Å². The largest absolute Gasteiger partial charge is 0.455 e. The molecule has 2 aromatic rings. The number of hydrogen-bond acceptors (Lipinski definition) is 4. The summed E-state index contributed by atoms with van der Waals surface area (Å²) in [5.74, 6) is -1.92. The second-order valence-corrected chi connectivity index (χ2v) is 7.63. The molecule has 1 aliphatic rings. The van der Waals surface area contributed by atoms with E-state index in [2.05, 4.69) is 5.32 Å². The first kappa shape index (κ1) is 21.8. The Labute approximate surface area is 179 Å². The van der Waals surface area contributed by atoms with Crippen LogP contribution in [-0.2, 0) is 14.3 Å². The van der Waals surface area contributed by atoms with Gasteiger partial charge >= 0.3 is 5.97 Å². The standard InChI is InChI=1S/C22H22ClFN2O4/c1-14-2-7-18(12-19(14)24)25-20(27)13-30-22(29)16-8-10-26(11-9-16)21(28)15-3-5-17(23)6-4-15/h2-7,12,16H,8-11,13H2,1H3,(H,25,27). The highest BCUT2D eigenvalue weighted by Gasteiger charge is 2.29. The third-order valence-corrected chi connectivity index (χ3v) is 5.26. The summed E-state index contributed by atoms with van der Waals surface area (Å²) in [6, 6.07) is 11.0. The van der Waals surface area contributed by atoms with Crippen LogP contribution in [0.15, 0.2) is 42.5 Å². The van der Waals surface area contributed by atoms with Gasteiger partial charge in [-0.3, -0.25) is 14.4 Å². The lowest BCUT2D eigenvalue weighted by Gasteiger charge is -2.31. The highest BCUT2D eigenvalue weighted by Crippen LogP contribution is 2.21. The average molecular weight is 433 g/mol. The molecule has 0 aliphatic carbocycles. The molecular formula is C22H22ClFN2O4. The van der Waals surface area contributed by atoms with Crippen LogP contribution in [-0.4, -0.2) is 42.4 Å². The number of nitrogens with zero attached hydrogens (tertiary/aromatic N) is 1. The number of hydrogen-bond donors (Lipinski definition) is 1. The Morgan fingerprint density at radius 2 is 1.80 bits per heavy atom. The molecule has 3 rings (SSSR count). The molecule has 0 bridgehead atoms. The number of halogens is 2. The van der Waals surface area contributed by atoms with E-state index in [9.17, 15) is 18.8 Å². The average Bonchev–Trinajstić information content (AvgIpc) is 2.75. The van der Waals surface area contributed by atoms with Crippen LogP contribution >= 0.6 is 11.6 Å². The van der Waals surface area contributed by atoms with Crippen LogP contribution in [0.25, 0.3) is 0 Å². The lowest BCUT2D eigenvalue weighted by atomic mass is 9.96. The number of carbonyl (C=O) groups is 3. The van der Waals surface area contributed by atoms with Crippen LogP contribution in [0.1, 0.15) is 28.8 Å². The SMILES string of the molecule is Cc1ccc(NC(=O)COC(=O)C2CCN(C(=O)c3ccc(Cl)cc3)CC2)cc1F. The molecule has 1 aliphatic heterocycles. The van der Waals surface area contributed by atoms with Crippen molar-refractivity contribution in [3.63, 3.8) is 0 Å². The van der Waals surface area contributed by atoms with Gasteiger partial charge in [0.15, 0.2) is 6.61 Å². The van der Waals surface area contributed by atoms with E-state index in [4.69, 9.17) is 16.3 Å². The minimum Gasteiger partial charge on any atom is -0.455 e. The summed E-state index contributed by atoms with van der Waals surface area (Å²) < 4.78 is 18.6. The quantitative estimate of drug-likeness (QED) is 0.729. The number of rotatable bonds is 5. The number of aryl methyl sites for hydroxylation is 1. The van der Waals surface area contributed by atoms with E-state index in [0.29, 0.717) is 47.8 Å². The molecule has 0 radical (unpaired) electrons. The van der Waals surface area contributed by atoms with Crippen LogP contribution in [0, 0.1) is 18.7 Å². The fraction of sp³-hybridized carbons (Fsp3) is 0.318. The van der Waals surface area contributed by atoms with Crippen molar-refractivity contribution in [1.29, 1.82) is 0 Å². The Morgan fingerprint density at radius 1 is 1.13 bits per heavy atom. The van der Waals surface area contributed by atoms with Crippen molar-refractivity contribution in [3.8, 4) is 0 Å². The van der Waals surface area contributed by atoms with E-state index in [0.717, 1.165) is 0 Å². The first-order valence-electron chi connectivity index (χ1n) is 9.61. The first-order valence-corrected chi connectivity index (χ1v) is 9.99. The molecule has 8 heteroatoms. The normalized spacial score (nSPS) is 14.3. The number of anilines is 1. The molecule has 1 saturated heterocycles. The van der Waals surface area contributed by atoms with Gasteiger partial charge in [-0.05, 0) is 61.7 Å². The second-order valence-electron chi connectivity index (χ2n) is 7.19. The maximum atomic E-state index is 13.5. The Hall–Kier alpha value is -2.93. The topological polar surface area (TPSA) is 75.7 Å². The maximum absolute atomic E-state index is 13.5. The third-order valence-electron chi connectivity index (χ3n) is 5.01. The number of amides is 2. The van der Waals surface area contributed by atoms with Crippen molar-refractivity contribution in [2.24, 2.45) is 5.92 Å². The zero-order valence-corrected chi connectivity index (χ0v) is 17.2. The fourth-order valence-corrected chi connectivity index (χ4v) is 3.34. The number of esters is 1. The van der Waals surface area contributed by atoms with Crippen LogP contribution in [0.2, 0.25) is 5.02 Å². The summed E-state index contributed by atoms with van der Waals surface area (Å²) in [4.78, 5) is 38.4. The van der Waals surface area contributed by atoms with Gasteiger partial charge in [-0.25, -0.2) is 4.39 Å². The summed E-state index contributed by atoms with van der Waals surface area (Å²) in [5.41, 5.74) is 1.32. The number of piperidine rings is 1. The first-order chi connectivity index (χ1) is 14.3. The van der Waals surface area contributed by atoms with E-state index >= 15 is 0 Å². The minimum absolute atomic E-state index is 0.108. The predicted octanol–water partition coefficient (Wildman–Crippen LogP) is 3.82. The number of nitrogens with one attached hydrogen (secondary N) is 1. The number of benzene rings is 2. The zero-order valence-electron chi connectivity index (χ0n) is 16.5. The van der Waals surface area contributed by atoms with Crippen LogP contribution in [0.5, 0.6) is 0 Å². The van der Waals surface area contributed by atoms with Crippen LogP contribution in [0.3, 0.4) is 0 Å². The van der Waals surface area contributed by atoms with E-state index in [1.54, 1.807) is 48.2 Å². The summed E-state index contributed by atoms with van der Waals surface area (Å²) in [6.45, 7) is 2.03. The minimum atomic E-state index is -0.540. The summed E-state index contributed by atoms with van der Waals surface area (Å²) >= 11 is 5.85. The molecule has 2 aromatic carbocycles. The second kappa shape index (κ2) is 9.71. The van der Waals surface area contributed by atoms with Crippen molar-refractivity contribution in [1.82, 2.24) is 4.90 Å². The molecule has 30 heavy (non-hydrogen) atoms. The van der Waals surface area contributed by atoms with E-state index in [1.165, 1.54) is 6.07 Å². The Bertz CT molecular complexity index is 941. The van der Waals surface area contributed by atoms with Crippen molar-refractivity contribution in [2.75, 3.05) is 25.0 Å². The molecule has 0 aromatic heterocycles. The van der Waals surface area contributed by atoms with E-state index in [-0.39, 0.29) is 11.8 Å². The van der Waals surface area contributed by atoms with Gasteiger partial charge in [0.2, 0.25) is 0 Å². The molecule has 0 unspecified atom stereocenters. The van der Waals surface area contributed by atoms with Crippen LogP contribution in [0.4, 0.5) is 10.1 Å². The number of carbonyl (C=O) groups excluding carboxylic acids is 3. The van der Waals surface area contributed by atoms with Gasteiger partial charge in [0.1, 0.15) is 5.82 Å². The summed E-state index contributed by atoms with van der Waals surface area (Å²) in [7, 11) is 0. The molecule has 1 N–H and O–H groups in total. The van der Waals surface area contributed by atoms with Crippen molar-refractivity contribution in [3.05, 3.63) is 64.4 Å². The van der Waals surface area contributed by atoms with Crippen LogP contribution < -0.4 is 5.32 Å². The smallest absolute Gasteiger partial charge is 0.309 e. The molecule has 1 fully saturated rings. The van der Waals surface area contributed by atoms with E-state index < -0.39 is 24.3 Å². The molecule has 0 spiro atoms. The number of likely N-dealkylation sites (tertiary alicyclic amines) is 1. The summed E-state index contributed by atoms with van der Waals surface area (Å²) in [6.07, 6.45) is 0.923. The molecule has 6 nitrogen and oxygen atoms in total. The monoisotopic (exact) mass is 432 g/mol. The van der Waals surface area contributed by atoms with Gasteiger partial charge in [-0.15, -0.1) is 0 Å². The van der Waals surface area contributed by atoms with E-state index in [1.807, 2.05) is 0 Å². The number of ether oxygens (including phenoxy) is 1. The lowest BCUT2D eigenvalue weighted by molar-refractivity contribution is -0.152. The molecule has 158 valence electrons. The Balaban J connectivity index is 1.43. The fourth-order valence-electron chi connectivity index (χ4n) is 3.22. The highest BCUT2D eigenvalue weighted by molar-refractivity contribution is 6.30. The van der Waals surface area contributed by atoms with Crippen molar-refractivity contribution >= 4 is 35.1 Å². The van der Waals surface area contributed by atoms with Gasteiger partial charge in [-0.1, -0.05) is 17.7 Å². The maximum Gasteiger partial charge on any atom is 0.309 e. The van der Waals surface area contributed by atoms with Gasteiger partial charge in [0.05, 0.1) is 5.92 Å². The van der Waals surface area contributed by atoms with Gasteiger partial charge in [-0.2, -0.15) is 0 Å². The molecule has 0 saturated carbocycles. The van der Waals surface area contributed by atoms with Crippen molar-refractivity contribution in [2.45, 2.75) is 19.8 Å². The lowest BCUT2D eigenvalue weighted by Crippen LogP contribution is -2.41. The summed E-state index contributed by atoms with van der Waals surface area (Å²) in [5, 5.41) is 3.05. The molecular weight excluding hydrogens is 411 g/mol.